The lowest BCUT2D eigenvalue weighted by atomic mass is 9.97. The van der Waals surface area contributed by atoms with Gasteiger partial charge in [0.2, 0.25) is 0 Å². The quantitative estimate of drug-likeness (QED) is 0.294. The van der Waals surface area contributed by atoms with Gasteiger partial charge >= 0.3 is 0 Å². The monoisotopic (exact) mass is 482 g/mol. The fraction of sp³-hybridized carbons (Fsp3) is 0.0385. The summed E-state index contributed by atoms with van der Waals surface area (Å²) in [5.41, 5.74) is 10.3. The zero-order chi connectivity index (χ0) is 23.9. The van der Waals surface area contributed by atoms with Gasteiger partial charge in [-0.1, -0.05) is 41.9 Å². The molecule has 35 heavy (non-hydrogen) atoms. The Morgan fingerprint density at radius 3 is 2.63 bits per heavy atom. The Bertz CT molecular complexity index is 1670. The SMILES string of the molecule is Nc1nn(C(c2ccc(Cl)cc2)c2ccc3c(NC(=O)c4ccoc4)n[nH]c3c2)c2ccccc12. The summed E-state index contributed by atoms with van der Waals surface area (Å²) in [4.78, 5) is 12.5. The Balaban J connectivity index is 1.45. The van der Waals surface area contributed by atoms with Gasteiger partial charge in [0.15, 0.2) is 11.6 Å². The van der Waals surface area contributed by atoms with Crippen molar-refractivity contribution in [3.8, 4) is 0 Å². The summed E-state index contributed by atoms with van der Waals surface area (Å²) in [6.45, 7) is 0. The van der Waals surface area contributed by atoms with E-state index >= 15 is 0 Å². The van der Waals surface area contributed by atoms with Crippen molar-refractivity contribution in [1.82, 2.24) is 20.0 Å². The molecule has 6 aromatic rings. The summed E-state index contributed by atoms with van der Waals surface area (Å²) in [5, 5.41) is 17.2. The molecule has 9 heteroatoms. The maximum absolute atomic E-state index is 12.5. The number of halogens is 1. The van der Waals surface area contributed by atoms with E-state index in [4.69, 9.17) is 21.8 Å². The average Bonchev–Trinajstić information content (AvgIpc) is 3.61. The van der Waals surface area contributed by atoms with E-state index in [-0.39, 0.29) is 11.9 Å². The molecular weight excluding hydrogens is 464 g/mol. The first-order valence-electron chi connectivity index (χ1n) is 10.9. The molecule has 1 unspecified atom stereocenters. The molecule has 3 heterocycles. The standard InChI is InChI=1S/C26H19ClN6O2/c27-18-8-5-15(6-9-18)23(33-22-4-2-1-3-20(22)24(28)32-33)16-7-10-19-21(13-16)30-31-25(19)29-26(34)17-11-12-35-14-17/h1-14,23H,(H2,28,32)(H2,29,30,31,34). The van der Waals surface area contributed by atoms with Crippen molar-refractivity contribution in [2.75, 3.05) is 11.1 Å². The fourth-order valence-corrected chi connectivity index (χ4v) is 4.43. The number of rotatable bonds is 5. The van der Waals surface area contributed by atoms with E-state index in [1.807, 2.05) is 71.4 Å². The van der Waals surface area contributed by atoms with Gasteiger partial charge in [0.1, 0.15) is 12.3 Å². The number of nitrogens with two attached hydrogens (primary N) is 1. The number of carbonyl (C=O) groups excluding carboxylic acids is 1. The van der Waals surface area contributed by atoms with Crippen LogP contribution in [-0.2, 0) is 0 Å². The molecular formula is C26H19ClN6O2. The van der Waals surface area contributed by atoms with Crippen LogP contribution in [0.4, 0.5) is 11.6 Å². The number of H-pyrrole nitrogens is 1. The summed E-state index contributed by atoms with van der Waals surface area (Å²) in [6.07, 6.45) is 2.84. The Hall–Kier alpha value is -4.56. The minimum absolute atomic E-state index is 0.272. The molecule has 172 valence electrons. The van der Waals surface area contributed by atoms with Gasteiger partial charge in [0.05, 0.1) is 22.9 Å². The number of amides is 1. The van der Waals surface area contributed by atoms with Crippen molar-refractivity contribution in [2.45, 2.75) is 6.04 Å². The maximum Gasteiger partial charge on any atom is 0.260 e. The van der Waals surface area contributed by atoms with Crippen LogP contribution in [0.2, 0.25) is 5.02 Å². The molecule has 0 radical (unpaired) electrons. The van der Waals surface area contributed by atoms with Crippen LogP contribution < -0.4 is 11.1 Å². The molecule has 3 aromatic carbocycles. The summed E-state index contributed by atoms with van der Waals surface area (Å²) < 4.78 is 6.92. The average molecular weight is 483 g/mol. The molecule has 8 nitrogen and oxygen atoms in total. The Labute approximate surface area is 204 Å². The number of nitrogens with one attached hydrogen (secondary N) is 2. The second-order valence-electron chi connectivity index (χ2n) is 8.14. The number of hydrogen-bond donors (Lipinski definition) is 3. The van der Waals surface area contributed by atoms with Gasteiger partial charge in [-0.05, 0) is 53.6 Å². The minimum Gasteiger partial charge on any atom is -0.472 e. The van der Waals surface area contributed by atoms with Crippen LogP contribution in [0.5, 0.6) is 0 Å². The van der Waals surface area contributed by atoms with E-state index in [1.165, 1.54) is 12.5 Å². The lowest BCUT2D eigenvalue weighted by molar-refractivity contribution is 0.102. The van der Waals surface area contributed by atoms with Crippen LogP contribution in [0.1, 0.15) is 27.5 Å². The van der Waals surface area contributed by atoms with E-state index < -0.39 is 0 Å². The number of anilines is 2. The number of nitrogen functional groups attached to an aromatic ring is 1. The molecule has 0 aliphatic carbocycles. The number of benzene rings is 3. The summed E-state index contributed by atoms with van der Waals surface area (Å²) in [5.74, 6) is 0.606. The van der Waals surface area contributed by atoms with Gasteiger partial charge in [0, 0.05) is 15.8 Å². The van der Waals surface area contributed by atoms with Gasteiger partial charge in [-0.15, -0.1) is 0 Å². The highest BCUT2D eigenvalue weighted by atomic mass is 35.5. The second kappa shape index (κ2) is 8.34. The number of aromatic amines is 1. The Kier molecular flexibility index (Phi) is 5.00. The number of para-hydroxylation sites is 1. The van der Waals surface area contributed by atoms with E-state index in [1.54, 1.807) is 6.07 Å². The second-order valence-corrected chi connectivity index (χ2v) is 8.58. The predicted molar refractivity (Wildman–Crippen MR) is 136 cm³/mol. The molecule has 0 aliphatic heterocycles. The van der Waals surface area contributed by atoms with Crippen molar-refractivity contribution in [3.05, 3.63) is 107 Å². The number of nitrogens with zero attached hydrogens (tertiary/aromatic N) is 3. The first-order valence-corrected chi connectivity index (χ1v) is 11.3. The molecule has 0 saturated heterocycles. The van der Waals surface area contributed by atoms with Gasteiger partial charge in [0.25, 0.3) is 5.91 Å². The van der Waals surface area contributed by atoms with Crippen LogP contribution in [0.3, 0.4) is 0 Å². The van der Waals surface area contributed by atoms with Crippen LogP contribution in [0, 0.1) is 0 Å². The molecule has 0 aliphatic rings. The highest BCUT2D eigenvalue weighted by molar-refractivity contribution is 6.30. The molecule has 4 N–H and O–H groups in total. The van der Waals surface area contributed by atoms with Crippen LogP contribution in [0.25, 0.3) is 21.8 Å². The van der Waals surface area contributed by atoms with E-state index in [9.17, 15) is 4.79 Å². The van der Waals surface area contributed by atoms with Gasteiger partial charge in [-0.2, -0.15) is 10.2 Å². The molecule has 1 amide bonds. The lowest BCUT2D eigenvalue weighted by Crippen LogP contribution is -2.14. The molecule has 0 bridgehead atoms. The van der Waals surface area contributed by atoms with Crippen molar-refractivity contribution < 1.29 is 9.21 Å². The lowest BCUT2D eigenvalue weighted by Gasteiger charge is -2.20. The normalized spacial score (nSPS) is 12.3. The molecule has 6 rings (SSSR count). The predicted octanol–water partition coefficient (Wildman–Crippen LogP) is 5.63. The fourth-order valence-electron chi connectivity index (χ4n) is 4.31. The van der Waals surface area contributed by atoms with Crippen LogP contribution in [0.15, 0.2) is 89.7 Å². The molecule has 1 atom stereocenters. The largest absolute Gasteiger partial charge is 0.472 e. The first kappa shape index (κ1) is 21.0. The number of furan rings is 1. The molecule has 0 spiro atoms. The summed E-state index contributed by atoms with van der Waals surface area (Å²) in [7, 11) is 0. The number of aromatic nitrogens is 4. The van der Waals surface area contributed by atoms with E-state index in [0.717, 1.165) is 32.9 Å². The van der Waals surface area contributed by atoms with Crippen molar-refractivity contribution in [2.24, 2.45) is 0 Å². The molecule has 0 saturated carbocycles. The van der Waals surface area contributed by atoms with Crippen molar-refractivity contribution >= 4 is 50.9 Å². The first-order chi connectivity index (χ1) is 17.1. The third-order valence-electron chi connectivity index (χ3n) is 5.99. The topological polar surface area (TPSA) is 115 Å². The van der Waals surface area contributed by atoms with E-state index in [2.05, 4.69) is 20.6 Å². The minimum atomic E-state index is -0.297. The molecule has 3 aromatic heterocycles. The highest BCUT2D eigenvalue weighted by Crippen LogP contribution is 2.34. The third-order valence-corrected chi connectivity index (χ3v) is 6.24. The molecule has 0 fully saturated rings. The Morgan fingerprint density at radius 1 is 1.03 bits per heavy atom. The summed E-state index contributed by atoms with van der Waals surface area (Å²) >= 11 is 6.17. The van der Waals surface area contributed by atoms with Gasteiger partial charge in [-0.25, -0.2) is 0 Å². The van der Waals surface area contributed by atoms with Crippen LogP contribution >= 0.6 is 11.6 Å². The zero-order valence-corrected chi connectivity index (χ0v) is 19.0. The van der Waals surface area contributed by atoms with Crippen molar-refractivity contribution in [3.63, 3.8) is 0 Å². The zero-order valence-electron chi connectivity index (χ0n) is 18.3. The van der Waals surface area contributed by atoms with Gasteiger partial charge in [-0.3, -0.25) is 14.6 Å². The maximum atomic E-state index is 12.5. The van der Waals surface area contributed by atoms with Crippen LogP contribution in [-0.4, -0.2) is 25.9 Å². The number of carbonyl (C=O) groups is 1. The highest BCUT2D eigenvalue weighted by Gasteiger charge is 2.22. The summed E-state index contributed by atoms with van der Waals surface area (Å²) in [6, 6.07) is 22.8. The third kappa shape index (κ3) is 3.70. The van der Waals surface area contributed by atoms with Crippen molar-refractivity contribution in [1.29, 1.82) is 0 Å². The Morgan fingerprint density at radius 2 is 1.83 bits per heavy atom. The number of fused-ring (bicyclic) bond motifs is 2. The van der Waals surface area contributed by atoms with E-state index in [0.29, 0.717) is 22.2 Å². The number of hydrogen-bond acceptors (Lipinski definition) is 5. The smallest absolute Gasteiger partial charge is 0.260 e. The van der Waals surface area contributed by atoms with Gasteiger partial charge < -0.3 is 15.5 Å².